The number of hydrogen-bond acceptors (Lipinski definition) is 11. The number of amides is 9. The van der Waals surface area contributed by atoms with Crippen molar-refractivity contribution < 1.29 is 43.2 Å². The van der Waals surface area contributed by atoms with E-state index in [4.69, 9.17) is 17.2 Å². The maximum Gasteiger partial charge on any atom is 0.243 e. The Morgan fingerprint density at radius 3 is 2.12 bits per heavy atom. The largest absolute Gasteiger partial charge is 0.370 e. The number of guanidine groups is 1. The molecule has 24 heteroatoms. The van der Waals surface area contributed by atoms with Gasteiger partial charge in [-0.15, -0.1) is 0 Å². The van der Waals surface area contributed by atoms with Gasteiger partial charge in [-0.1, -0.05) is 80.4 Å². The van der Waals surface area contributed by atoms with Crippen LogP contribution >= 0.6 is 0 Å². The third-order valence-electron chi connectivity index (χ3n) is 13.3. The highest BCUT2D eigenvalue weighted by atomic mass is 16.2. The summed E-state index contributed by atoms with van der Waals surface area (Å²) in [5.74, 6) is -7.13. The Hall–Kier alpha value is -8.83. The smallest absolute Gasteiger partial charge is 0.243 e. The number of carbonyl (C=O) groups excluding carboxylic acids is 9. The van der Waals surface area contributed by atoms with Gasteiger partial charge >= 0.3 is 0 Å². The maximum absolute atomic E-state index is 15.0. The normalized spacial score (nSPS) is 20.9. The molecule has 6 rings (SSSR count). The van der Waals surface area contributed by atoms with Gasteiger partial charge in [0.1, 0.15) is 42.3 Å². The van der Waals surface area contributed by atoms with Gasteiger partial charge in [0.15, 0.2) is 5.96 Å². The molecule has 1 fully saturated rings. The molecule has 16 N–H and O–H groups in total. The zero-order chi connectivity index (χ0) is 56.1. The minimum atomic E-state index is -1.59. The molecule has 2 unspecified atom stereocenters. The number of H-pyrrole nitrogens is 2. The average molecular weight is 1070 g/mol. The third kappa shape index (κ3) is 17.6. The second-order valence-corrected chi connectivity index (χ2v) is 19.4. The van der Waals surface area contributed by atoms with Gasteiger partial charge in [-0.25, -0.2) is 4.98 Å². The molecule has 1 saturated heterocycles. The first-order chi connectivity index (χ1) is 37.5. The van der Waals surface area contributed by atoms with E-state index in [-0.39, 0.29) is 76.8 Å². The Morgan fingerprint density at radius 1 is 0.744 bits per heavy atom. The van der Waals surface area contributed by atoms with E-state index in [0.29, 0.717) is 29.7 Å². The van der Waals surface area contributed by atoms with Gasteiger partial charge in [-0.2, -0.15) is 0 Å². The Bertz CT molecular complexity index is 2940. The number of carbonyl (C=O) groups is 9. The van der Waals surface area contributed by atoms with Crippen LogP contribution < -0.4 is 59.7 Å². The zero-order valence-corrected chi connectivity index (χ0v) is 43.8. The quantitative estimate of drug-likeness (QED) is 0.0330. The van der Waals surface area contributed by atoms with Crippen molar-refractivity contribution in [3.05, 3.63) is 102 Å². The van der Waals surface area contributed by atoms with Gasteiger partial charge in [0.2, 0.25) is 53.2 Å². The Morgan fingerprint density at radius 2 is 1.41 bits per heavy atom. The lowest BCUT2D eigenvalue weighted by atomic mass is 9.99. The Kier molecular flexibility index (Phi) is 21.6. The molecule has 9 amide bonds. The van der Waals surface area contributed by atoms with Gasteiger partial charge in [0, 0.05) is 68.3 Å². The summed E-state index contributed by atoms with van der Waals surface area (Å²) in [6.45, 7) is 3.25. The molecule has 0 saturated carbocycles. The molecule has 0 spiro atoms. The molecule has 7 atom stereocenters. The van der Waals surface area contributed by atoms with Crippen LogP contribution in [0.5, 0.6) is 0 Å². The third-order valence-corrected chi connectivity index (χ3v) is 13.3. The summed E-state index contributed by atoms with van der Waals surface area (Å²) in [5.41, 5.74) is 19.5. The van der Waals surface area contributed by atoms with Crippen molar-refractivity contribution in [1.82, 2.24) is 57.5 Å². The van der Waals surface area contributed by atoms with Crippen LogP contribution in [0, 0.1) is 0 Å². The molecular weight excluding hydrogens is 1000 g/mol. The molecule has 1 aliphatic rings. The average Bonchev–Trinajstić information content (AvgIpc) is 4.10. The number of nitrogens with two attached hydrogens (primary N) is 3. The molecule has 24 nitrogen and oxygen atoms in total. The fourth-order valence-electron chi connectivity index (χ4n) is 9.15. The van der Waals surface area contributed by atoms with E-state index >= 15 is 0 Å². The topological polar surface area (TPSA) is 385 Å². The predicted molar refractivity (Wildman–Crippen MR) is 291 cm³/mol. The summed E-state index contributed by atoms with van der Waals surface area (Å²) in [4.78, 5) is 140. The highest BCUT2D eigenvalue weighted by molar-refractivity contribution is 5.99. The molecular formula is C54H71N15O9. The van der Waals surface area contributed by atoms with E-state index in [1.807, 2.05) is 67.6 Å². The van der Waals surface area contributed by atoms with Gasteiger partial charge in [-0.05, 0) is 66.5 Å². The zero-order valence-electron chi connectivity index (χ0n) is 43.8. The Labute approximate surface area is 450 Å². The molecule has 5 aromatic rings. The van der Waals surface area contributed by atoms with Crippen molar-refractivity contribution in [3.8, 4) is 0 Å². The fraction of sp³-hybridized carbons (Fsp3) is 0.426. The van der Waals surface area contributed by atoms with Gasteiger partial charge in [-0.3, -0.25) is 48.1 Å². The molecule has 0 aliphatic carbocycles. The second-order valence-electron chi connectivity index (χ2n) is 19.4. The van der Waals surface area contributed by atoms with Crippen LogP contribution in [-0.4, -0.2) is 129 Å². The van der Waals surface area contributed by atoms with Crippen molar-refractivity contribution in [2.45, 2.75) is 133 Å². The molecule has 3 aromatic carbocycles. The molecule has 3 heterocycles. The van der Waals surface area contributed by atoms with E-state index in [0.717, 1.165) is 21.7 Å². The lowest BCUT2D eigenvalue weighted by molar-refractivity contribution is -0.136. The number of primary amides is 1. The Balaban J connectivity index is 1.41. The highest BCUT2D eigenvalue weighted by Crippen LogP contribution is 2.21. The number of aromatic nitrogens is 3. The molecule has 2 aromatic heterocycles. The highest BCUT2D eigenvalue weighted by Gasteiger charge is 2.35. The minimum Gasteiger partial charge on any atom is -0.370 e. The van der Waals surface area contributed by atoms with Crippen molar-refractivity contribution in [2.75, 3.05) is 13.1 Å². The molecule has 416 valence electrons. The summed E-state index contributed by atoms with van der Waals surface area (Å²) in [6, 6.07) is 10.9. The van der Waals surface area contributed by atoms with Gasteiger partial charge in [0.05, 0.1) is 12.7 Å². The summed E-state index contributed by atoms with van der Waals surface area (Å²) in [7, 11) is 0. The van der Waals surface area contributed by atoms with E-state index < -0.39 is 102 Å². The first-order valence-electron chi connectivity index (χ1n) is 26.2. The van der Waals surface area contributed by atoms with Crippen LogP contribution in [0.3, 0.4) is 0 Å². The minimum absolute atomic E-state index is 0.0366. The van der Waals surface area contributed by atoms with Gasteiger partial charge in [0.25, 0.3) is 0 Å². The van der Waals surface area contributed by atoms with Crippen LogP contribution in [0.2, 0.25) is 0 Å². The van der Waals surface area contributed by atoms with E-state index in [1.54, 1.807) is 12.3 Å². The summed E-state index contributed by atoms with van der Waals surface area (Å²) < 4.78 is 0. The van der Waals surface area contributed by atoms with Crippen LogP contribution in [0.4, 0.5) is 0 Å². The van der Waals surface area contributed by atoms with Crippen LogP contribution in [-0.2, 0) is 62.4 Å². The number of aliphatic imine (C=N–C) groups is 1. The number of fused-ring (bicyclic) bond motifs is 2. The lowest BCUT2D eigenvalue weighted by Crippen LogP contribution is -2.61. The number of para-hydroxylation sites is 1. The van der Waals surface area contributed by atoms with Crippen LogP contribution in [0.15, 0.2) is 90.4 Å². The van der Waals surface area contributed by atoms with Crippen molar-refractivity contribution in [3.63, 3.8) is 0 Å². The lowest BCUT2D eigenvalue weighted by Gasteiger charge is -2.28. The number of benzene rings is 3. The summed E-state index contributed by atoms with van der Waals surface area (Å²) in [5, 5.41) is 24.3. The van der Waals surface area contributed by atoms with Crippen LogP contribution in [0.1, 0.15) is 88.5 Å². The fourth-order valence-corrected chi connectivity index (χ4v) is 9.15. The number of nitrogens with zero attached hydrogens (tertiary/aromatic N) is 2. The number of hydrogen-bond donors (Lipinski definition) is 13. The van der Waals surface area contributed by atoms with Crippen molar-refractivity contribution in [2.24, 2.45) is 22.2 Å². The van der Waals surface area contributed by atoms with E-state index in [1.165, 1.54) is 19.4 Å². The van der Waals surface area contributed by atoms with Crippen LogP contribution in [0.25, 0.3) is 21.7 Å². The SMILES string of the molecule is CCCC[C@H](NC(C)=O)C(=O)N[C@H]1CC(=O)NCCCCC(C(N)=O)NC(=O)[C@H](Cc2c[nH]c3ccccc23)NC(=O)[C@H](CCCN=C(N)N)NC(=O)[C@@H](Cc2ccc3ccccc3c2)NC(=O)C(Cc2cnc[nH]2)NC1=O. The number of imidazole rings is 1. The van der Waals surface area contributed by atoms with Crippen molar-refractivity contribution in [1.29, 1.82) is 0 Å². The predicted octanol–water partition coefficient (Wildman–Crippen LogP) is -0.0951. The molecule has 0 radical (unpaired) electrons. The maximum atomic E-state index is 15.0. The first kappa shape index (κ1) is 58.4. The number of unbranched alkanes of at least 4 members (excludes halogenated alkanes) is 1. The molecule has 0 bridgehead atoms. The monoisotopic (exact) mass is 1070 g/mol. The molecule has 1 aliphatic heterocycles. The number of nitrogens with one attached hydrogen (secondary N) is 10. The standard InChI is InChI=1S/C54H71N15O9/c1-3-4-15-40(63-31(2)70)48(73)69-45-27-46(71)59-21-10-9-17-39(47(55)72)64-51(76)43(25-35-28-61-38-16-8-7-14-37(35)38)67-49(74)41(18-11-22-60-54(56)57)65-50(75)42(24-32-19-20-33-12-5-6-13-34(33)23-32)66-52(77)44(68-53(45)78)26-36-29-58-30-62-36/h5-8,12-14,16,19-20,23,28-30,39-45,61H,3-4,9-11,15,17-18,21-22,24-27H2,1-2H3,(H2,55,72)(H,58,62)(H,59,71)(H,63,70)(H,64,76)(H,65,75)(H,66,77)(H,67,74)(H,68,78)(H,69,73)(H4,56,57,60)/t39?,40-,41-,42+,43-,44?,45-/m0/s1. The summed E-state index contributed by atoms with van der Waals surface area (Å²) >= 11 is 0. The molecule has 78 heavy (non-hydrogen) atoms. The number of rotatable bonds is 17. The summed E-state index contributed by atoms with van der Waals surface area (Å²) in [6.07, 6.45) is 5.65. The first-order valence-corrected chi connectivity index (χ1v) is 26.2. The van der Waals surface area contributed by atoms with Gasteiger partial charge < -0.3 is 69.7 Å². The van der Waals surface area contributed by atoms with E-state index in [9.17, 15) is 43.2 Å². The second kappa shape index (κ2) is 28.9. The number of aromatic amines is 2. The van der Waals surface area contributed by atoms with E-state index in [2.05, 4.69) is 62.5 Å². The van der Waals surface area contributed by atoms with Crippen molar-refractivity contribution >= 4 is 80.8 Å².